The number of esters is 1. The van der Waals surface area contributed by atoms with E-state index in [-0.39, 0.29) is 5.91 Å². The standard InChI is InChI=1S/C23H25ClN2O3/c1-23(15-18-5-2-3-6-20(18)21(27)29-23)22(28)26-12-4-11-25(13-14-26)16-17-7-9-19(24)10-8-17/h2-3,5-10H,4,11-16H2,1H3. The molecule has 2 aliphatic heterocycles. The van der Waals surface area contributed by atoms with E-state index in [1.165, 1.54) is 5.56 Å². The Morgan fingerprint density at radius 2 is 1.83 bits per heavy atom. The van der Waals surface area contributed by atoms with Crippen LogP contribution in [0.25, 0.3) is 0 Å². The van der Waals surface area contributed by atoms with Crippen molar-refractivity contribution in [2.45, 2.75) is 31.9 Å². The van der Waals surface area contributed by atoms with Crippen molar-refractivity contribution in [3.05, 3.63) is 70.2 Å². The lowest BCUT2D eigenvalue weighted by molar-refractivity contribution is -0.151. The first kappa shape index (κ1) is 19.9. The molecule has 1 fully saturated rings. The molecular weight excluding hydrogens is 388 g/mol. The monoisotopic (exact) mass is 412 g/mol. The van der Waals surface area contributed by atoms with E-state index >= 15 is 0 Å². The predicted octanol–water partition coefficient (Wildman–Crippen LogP) is 3.55. The fourth-order valence-corrected chi connectivity index (χ4v) is 4.29. The molecule has 152 valence electrons. The van der Waals surface area contributed by atoms with Gasteiger partial charge in [0, 0.05) is 44.2 Å². The molecular formula is C23H25ClN2O3. The number of cyclic esters (lactones) is 1. The van der Waals surface area contributed by atoms with Gasteiger partial charge in [0.2, 0.25) is 0 Å². The van der Waals surface area contributed by atoms with Crippen molar-refractivity contribution >= 4 is 23.5 Å². The molecule has 1 atom stereocenters. The molecule has 2 aromatic rings. The van der Waals surface area contributed by atoms with Crippen molar-refractivity contribution < 1.29 is 14.3 Å². The highest BCUT2D eigenvalue weighted by atomic mass is 35.5. The minimum Gasteiger partial charge on any atom is -0.445 e. The summed E-state index contributed by atoms with van der Waals surface area (Å²) in [6.45, 7) is 5.57. The summed E-state index contributed by atoms with van der Waals surface area (Å²) in [5.41, 5.74) is 1.50. The number of halogens is 1. The summed E-state index contributed by atoms with van der Waals surface area (Å²) in [6.07, 6.45) is 1.30. The predicted molar refractivity (Wildman–Crippen MR) is 112 cm³/mol. The first-order valence-electron chi connectivity index (χ1n) is 10.0. The fourth-order valence-electron chi connectivity index (χ4n) is 4.17. The van der Waals surface area contributed by atoms with Gasteiger partial charge in [-0.2, -0.15) is 0 Å². The maximum absolute atomic E-state index is 13.3. The summed E-state index contributed by atoms with van der Waals surface area (Å²) in [5, 5.41) is 0.734. The average Bonchev–Trinajstić information content (AvgIpc) is 2.94. The topological polar surface area (TPSA) is 49.9 Å². The minimum absolute atomic E-state index is 0.103. The van der Waals surface area contributed by atoms with Crippen LogP contribution in [0, 0.1) is 0 Å². The number of rotatable bonds is 3. The number of nitrogens with zero attached hydrogens (tertiary/aromatic N) is 2. The van der Waals surface area contributed by atoms with Crippen molar-refractivity contribution in [2.75, 3.05) is 26.2 Å². The molecule has 0 N–H and O–H groups in total. The molecule has 0 spiro atoms. The van der Waals surface area contributed by atoms with Gasteiger partial charge in [-0.05, 0) is 42.7 Å². The second-order valence-electron chi connectivity index (χ2n) is 8.00. The Morgan fingerprint density at radius 1 is 1.07 bits per heavy atom. The van der Waals surface area contributed by atoms with Crippen LogP contribution in [0.1, 0.15) is 34.8 Å². The number of hydrogen-bond acceptors (Lipinski definition) is 4. The lowest BCUT2D eigenvalue weighted by Crippen LogP contribution is -2.53. The number of benzene rings is 2. The number of amides is 1. The molecule has 0 saturated carbocycles. The Kier molecular flexibility index (Phi) is 5.61. The Bertz CT molecular complexity index is 915. The van der Waals surface area contributed by atoms with Crippen LogP contribution in [0.2, 0.25) is 5.02 Å². The van der Waals surface area contributed by atoms with Crippen LogP contribution >= 0.6 is 11.6 Å². The molecule has 1 saturated heterocycles. The molecule has 1 amide bonds. The van der Waals surface area contributed by atoms with Crippen LogP contribution in [0.15, 0.2) is 48.5 Å². The van der Waals surface area contributed by atoms with Crippen molar-refractivity contribution in [1.29, 1.82) is 0 Å². The highest BCUT2D eigenvalue weighted by Crippen LogP contribution is 2.30. The Balaban J connectivity index is 1.42. The van der Waals surface area contributed by atoms with Gasteiger partial charge in [0.1, 0.15) is 0 Å². The van der Waals surface area contributed by atoms with E-state index in [1.54, 1.807) is 13.0 Å². The van der Waals surface area contributed by atoms with E-state index in [4.69, 9.17) is 16.3 Å². The molecule has 29 heavy (non-hydrogen) atoms. The molecule has 0 aromatic heterocycles. The molecule has 0 bridgehead atoms. The Hall–Kier alpha value is -2.37. The van der Waals surface area contributed by atoms with Crippen molar-refractivity contribution in [2.24, 2.45) is 0 Å². The molecule has 2 aromatic carbocycles. The lowest BCUT2D eigenvalue weighted by Gasteiger charge is -2.37. The van der Waals surface area contributed by atoms with E-state index in [2.05, 4.69) is 4.90 Å². The largest absolute Gasteiger partial charge is 0.445 e. The smallest absolute Gasteiger partial charge is 0.339 e. The molecule has 0 aliphatic carbocycles. The quantitative estimate of drug-likeness (QED) is 0.723. The van der Waals surface area contributed by atoms with Crippen LogP contribution < -0.4 is 0 Å². The lowest BCUT2D eigenvalue weighted by atomic mass is 9.89. The normalized spacial score (nSPS) is 22.6. The van der Waals surface area contributed by atoms with E-state index in [0.29, 0.717) is 25.1 Å². The molecule has 5 nitrogen and oxygen atoms in total. The van der Waals surface area contributed by atoms with E-state index < -0.39 is 11.6 Å². The highest BCUT2D eigenvalue weighted by molar-refractivity contribution is 6.30. The number of ether oxygens (including phenoxy) is 1. The minimum atomic E-state index is -1.14. The SMILES string of the molecule is CC1(C(=O)N2CCCN(Cc3ccc(Cl)cc3)CC2)Cc2ccccc2C(=O)O1. The summed E-state index contributed by atoms with van der Waals surface area (Å²) in [7, 11) is 0. The van der Waals surface area contributed by atoms with Gasteiger partial charge in [0.15, 0.2) is 5.60 Å². The Labute approximate surface area is 176 Å². The molecule has 1 unspecified atom stereocenters. The third kappa shape index (κ3) is 4.31. The third-order valence-corrected chi connectivity index (χ3v) is 5.98. The van der Waals surface area contributed by atoms with E-state index in [9.17, 15) is 9.59 Å². The van der Waals surface area contributed by atoms with Gasteiger partial charge in [-0.1, -0.05) is 41.9 Å². The zero-order chi connectivity index (χ0) is 20.4. The summed E-state index contributed by atoms with van der Waals surface area (Å²) < 4.78 is 5.63. The molecule has 4 rings (SSSR count). The van der Waals surface area contributed by atoms with Gasteiger partial charge in [-0.25, -0.2) is 4.79 Å². The number of carbonyl (C=O) groups excluding carboxylic acids is 2. The highest BCUT2D eigenvalue weighted by Gasteiger charge is 2.44. The molecule has 0 radical (unpaired) electrons. The van der Waals surface area contributed by atoms with Crippen molar-refractivity contribution in [3.8, 4) is 0 Å². The zero-order valence-corrected chi connectivity index (χ0v) is 17.3. The van der Waals surface area contributed by atoms with Gasteiger partial charge in [0.25, 0.3) is 5.91 Å². The molecule has 2 heterocycles. The van der Waals surface area contributed by atoms with Crippen LogP contribution in [-0.4, -0.2) is 53.5 Å². The maximum Gasteiger partial charge on any atom is 0.339 e. The second kappa shape index (κ2) is 8.17. The van der Waals surface area contributed by atoms with Gasteiger partial charge >= 0.3 is 5.97 Å². The fraction of sp³-hybridized carbons (Fsp3) is 0.391. The van der Waals surface area contributed by atoms with Crippen molar-refractivity contribution in [3.63, 3.8) is 0 Å². The van der Waals surface area contributed by atoms with E-state index in [0.717, 1.165) is 36.6 Å². The third-order valence-electron chi connectivity index (χ3n) is 5.73. The zero-order valence-electron chi connectivity index (χ0n) is 16.6. The number of carbonyl (C=O) groups is 2. The van der Waals surface area contributed by atoms with Crippen molar-refractivity contribution in [1.82, 2.24) is 9.80 Å². The first-order chi connectivity index (χ1) is 13.9. The maximum atomic E-state index is 13.3. The average molecular weight is 413 g/mol. The summed E-state index contributed by atoms with van der Waals surface area (Å²) >= 11 is 5.97. The van der Waals surface area contributed by atoms with Crippen LogP contribution in [-0.2, 0) is 22.5 Å². The van der Waals surface area contributed by atoms with Crippen LogP contribution in [0.5, 0.6) is 0 Å². The molecule has 2 aliphatic rings. The second-order valence-corrected chi connectivity index (χ2v) is 8.44. The Morgan fingerprint density at radius 3 is 2.62 bits per heavy atom. The van der Waals surface area contributed by atoms with Crippen LogP contribution in [0.3, 0.4) is 0 Å². The first-order valence-corrected chi connectivity index (χ1v) is 10.4. The van der Waals surface area contributed by atoms with E-state index in [1.807, 2.05) is 47.4 Å². The number of hydrogen-bond donors (Lipinski definition) is 0. The summed E-state index contributed by atoms with van der Waals surface area (Å²) in [6, 6.07) is 15.2. The summed E-state index contributed by atoms with van der Waals surface area (Å²) in [5.74, 6) is -0.518. The van der Waals surface area contributed by atoms with Gasteiger partial charge in [0.05, 0.1) is 5.56 Å². The number of fused-ring (bicyclic) bond motifs is 1. The van der Waals surface area contributed by atoms with Gasteiger partial charge in [-0.3, -0.25) is 9.69 Å². The van der Waals surface area contributed by atoms with Gasteiger partial charge in [-0.15, -0.1) is 0 Å². The van der Waals surface area contributed by atoms with Crippen LogP contribution in [0.4, 0.5) is 0 Å². The molecule has 6 heteroatoms. The van der Waals surface area contributed by atoms with Gasteiger partial charge < -0.3 is 9.64 Å². The summed E-state index contributed by atoms with van der Waals surface area (Å²) in [4.78, 5) is 29.9.